The Bertz CT molecular complexity index is 1050. The van der Waals surface area contributed by atoms with Gasteiger partial charge in [0, 0.05) is 11.8 Å². The first-order valence-corrected chi connectivity index (χ1v) is 10.8. The van der Waals surface area contributed by atoms with Crippen LogP contribution >= 0.6 is 11.3 Å². The fraction of sp³-hybridized carbons (Fsp3) is 0.150. The van der Waals surface area contributed by atoms with Gasteiger partial charge in [-0.15, -0.1) is 11.3 Å². The Kier molecular flexibility index (Phi) is 6.13. The first-order valence-electron chi connectivity index (χ1n) is 8.47. The van der Waals surface area contributed by atoms with Gasteiger partial charge in [-0.1, -0.05) is 36.4 Å². The van der Waals surface area contributed by atoms with E-state index in [2.05, 4.69) is 10.0 Å². The Morgan fingerprint density at radius 1 is 1.07 bits per heavy atom. The topological polar surface area (TPSA) is 84.5 Å². The van der Waals surface area contributed by atoms with E-state index in [1.807, 2.05) is 47.8 Å². The highest BCUT2D eigenvalue weighted by molar-refractivity contribution is 7.89. The van der Waals surface area contributed by atoms with Gasteiger partial charge in [-0.2, -0.15) is 4.72 Å². The third kappa shape index (κ3) is 4.59. The van der Waals surface area contributed by atoms with E-state index in [1.165, 1.54) is 43.6 Å². The van der Waals surface area contributed by atoms with Crippen LogP contribution in [0.2, 0.25) is 0 Å². The number of hydrogen-bond acceptors (Lipinski definition) is 5. The molecule has 0 fully saturated rings. The van der Waals surface area contributed by atoms with Crippen molar-refractivity contribution in [1.82, 2.24) is 4.72 Å². The average Bonchev–Trinajstić information content (AvgIpc) is 3.21. The minimum absolute atomic E-state index is 0.0366. The lowest BCUT2D eigenvalue weighted by Crippen LogP contribution is -2.29. The minimum atomic E-state index is -3.87. The van der Waals surface area contributed by atoms with Crippen LogP contribution in [0, 0.1) is 0 Å². The predicted octanol–water partition coefficient (Wildman–Crippen LogP) is 3.78. The van der Waals surface area contributed by atoms with E-state index in [1.54, 1.807) is 0 Å². The summed E-state index contributed by atoms with van der Waals surface area (Å²) in [6, 6.07) is 17.0. The van der Waals surface area contributed by atoms with Crippen LogP contribution in [0.5, 0.6) is 5.75 Å². The fourth-order valence-electron chi connectivity index (χ4n) is 2.76. The van der Waals surface area contributed by atoms with E-state index >= 15 is 0 Å². The number of nitrogens with one attached hydrogen (secondary N) is 2. The molecule has 3 rings (SSSR count). The number of carbonyl (C=O) groups is 1. The molecule has 0 radical (unpaired) electrons. The molecule has 3 aromatic rings. The molecular formula is C20H20N2O4S2. The molecule has 0 aliphatic carbocycles. The molecule has 1 heterocycles. The molecule has 1 amide bonds. The lowest BCUT2D eigenvalue weighted by Gasteiger charge is -2.19. The second kappa shape index (κ2) is 8.55. The van der Waals surface area contributed by atoms with E-state index in [0.29, 0.717) is 11.4 Å². The number of hydrogen-bond donors (Lipinski definition) is 2. The molecule has 0 bridgehead atoms. The summed E-state index contributed by atoms with van der Waals surface area (Å²) >= 11 is 1.48. The molecule has 0 aliphatic rings. The van der Waals surface area contributed by atoms with E-state index in [0.717, 1.165) is 10.4 Å². The molecule has 1 aromatic heterocycles. The van der Waals surface area contributed by atoms with Crippen LogP contribution in [0.4, 0.5) is 5.69 Å². The number of amides is 1. The average molecular weight is 417 g/mol. The second-order valence-electron chi connectivity index (χ2n) is 6.02. The standard InChI is InChI=1S/C20H20N2O4S2/c1-14(23)21-17-13-16(10-11-18(17)26-2)28(24,25)22-20(19-9-6-12-27-19)15-7-4-3-5-8-15/h3-13,20,22H,1-2H3,(H,21,23). The largest absolute Gasteiger partial charge is 0.495 e. The van der Waals surface area contributed by atoms with Gasteiger partial charge in [0.15, 0.2) is 0 Å². The Balaban J connectivity index is 1.98. The van der Waals surface area contributed by atoms with Gasteiger partial charge in [0.1, 0.15) is 5.75 Å². The van der Waals surface area contributed by atoms with Crippen LogP contribution in [-0.4, -0.2) is 21.4 Å². The molecule has 2 aromatic carbocycles. The van der Waals surface area contributed by atoms with Gasteiger partial charge < -0.3 is 10.1 Å². The summed E-state index contributed by atoms with van der Waals surface area (Å²) in [4.78, 5) is 12.3. The number of anilines is 1. The molecular weight excluding hydrogens is 396 g/mol. The summed E-state index contributed by atoms with van der Waals surface area (Å²) in [7, 11) is -2.41. The van der Waals surface area contributed by atoms with E-state index in [9.17, 15) is 13.2 Å². The highest BCUT2D eigenvalue weighted by Gasteiger charge is 2.24. The third-order valence-corrected chi connectivity index (χ3v) is 6.38. The summed E-state index contributed by atoms with van der Waals surface area (Å²) < 4.78 is 34.1. The van der Waals surface area contributed by atoms with Crippen molar-refractivity contribution in [2.24, 2.45) is 0 Å². The first-order chi connectivity index (χ1) is 13.4. The monoisotopic (exact) mass is 416 g/mol. The van der Waals surface area contributed by atoms with E-state index in [4.69, 9.17) is 4.74 Å². The van der Waals surface area contributed by atoms with Crippen molar-refractivity contribution in [3.8, 4) is 5.75 Å². The maximum absolute atomic E-state index is 13.1. The van der Waals surface area contributed by atoms with Crippen molar-refractivity contribution >= 4 is 33.0 Å². The van der Waals surface area contributed by atoms with E-state index in [-0.39, 0.29) is 10.8 Å². The molecule has 0 saturated heterocycles. The van der Waals surface area contributed by atoms with Crippen molar-refractivity contribution in [2.45, 2.75) is 17.9 Å². The normalized spacial score (nSPS) is 12.4. The number of carbonyl (C=O) groups excluding carboxylic acids is 1. The lowest BCUT2D eigenvalue weighted by atomic mass is 10.1. The summed E-state index contributed by atoms with van der Waals surface area (Å²) in [5.41, 5.74) is 1.13. The highest BCUT2D eigenvalue weighted by Crippen LogP contribution is 2.31. The van der Waals surface area contributed by atoms with E-state index < -0.39 is 16.1 Å². The molecule has 1 atom stereocenters. The number of thiophene rings is 1. The van der Waals surface area contributed by atoms with Crippen molar-refractivity contribution in [1.29, 1.82) is 0 Å². The Morgan fingerprint density at radius 2 is 1.82 bits per heavy atom. The minimum Gasteiger partial charge on any atom is -0.495 e. The Labute approximate surface area is 168 Å². The van der Waals surface area contributed by atoms with Gasteiger partial charge in [0.05, 0.1) is 23.7 Å². The maximum atomic E-state index is 13.1. The van der Waals surface area contributed by atoms with Crippen LogP contribution < -0.4 is 14.8 Å². The van der Waals surface area contributed by atoms with Crippen molar-refractivity contribution < 1.29 is 17.9 Å². The third-order valence-electron chi connectivity index (χ3n) is 4.03. The van der Waals surface area contributed by atoms with Gasteiger partial charge in [-0.3, -0.25) is 4.79 Å². The van der Waals surface area contributed by atoms with Crippen molar-refractivity contribution in [3.63, 3.8) is 0 Å². The zero-order valence-corrected chi connectivity index (χ0v) is 17.0. The van der Waals surface area contributed by atoms with Gasteiger partial charge >= 0.3 is 0 Å². The smallest absolute Gasteiger partial charge is 0.241 e. The number of benzene rings is 2. The summed E-state index contributed by atoms with van der Waals surface area (Å²) in [6.45, 7) is 1.35. The molecule has 2 N–H and O–H groups in total. The number of rotatable bonds is 7. The highest BCUT2D eigenvalue weighted by atomic mass is 32.2. The molecule has 146 valence electrons. The van der Waals surface area contributed by atoms with Crippen LogP contribution in [0.25, 0.3) is 0 Å². The van der Waals surface area contributed by atoms with Crippen LogP contribution in [0.1, 0.15) is 23.4 Å². The first kappa shape index (κ1) is 20.1. The van der Waals surface area contributed by atoms with Gasteiger partial charge in [0.2, 0.25) is 15.9 Å². The summed E-state index contributed by atoms with van der Waals surface area (Å²) in [5.74, 6) is 0.0635. The van der Waals surface area contributed by atoms with Gasteiger partial charge in [-0.25, -0.2) is 8.42 Å². The SMILES string of the molecule is COc1ccc(S(=O)(=O)NC(c2ccccc2)c2cccs2)cc1NC(C)=O. The maximum Gasteiger partial charge on any atom is 0.241 e. The van der Waals surface area contributed by atoms with Crippen molar-refractivity contribution in [3.05, 3.63) is 76.5 Å². The number of methoxy groups -OCH3 is 1. The molecule has 0 spiro atoms. The molecule has 8 heteroatoms. The number of ether oxygens (including phenoxy) is 1. The zero-order valence-electron chi connectivity index (χ0n) is 15.4. The Morgan fingerprint density at radius 3 is 2.43 bits per heavy atom. The molecule has 6 nitrogen and oxygen atoms in total. The second-order valence-corrected chi connectivity index (χ2v) is 8.72. The zero-order chi connectivity index (χ0) is 20.1. The molecule has 0 aliphatic heterocycles. The van der Waals surface area contributed by atoms with Crippen molar-refractivity contribution in [2.75, 3.05) is 12.4 Å². The van der Waals surface area contributed by atoms with Crippen LogP contribution in [-0.2, 0) is 14.8 Å². The van der Waals surface area contributed by atoms with Crippen LogP contribution in [0.15, 0.2) is 70.9 Å². The molecule has 28 heavy (non-hydrogen) atoms. The van der Waals surface area contributed by atoms with Crippen LogP contribution in [0.3, 0.4) is 0 Å². The van der Waals surface area contributed by atoms with Gasteiger partial charge in [-0.05, 0) is 35.2 Å². The summed E-state index contributed by atoms with van der Waals surface area (Å²) in [5, 5.41) is 4.50. The van der Waals surface area contributed by atoms with Gasteiger partial charge in [0.25, 0.3) is 0 Å². The predicted molar refractivity (Wildman–Crippen MR) is 110 cm³/mol. The summed E-state index contributed by atoms with van der Waals surface area (Å²) in [6.07, 6.45) is 0. The molecule has 0 saturated carbocycles. The Hall–Kier alpha value is -2.68. The quantitative estimate of drug-likeness (QED) is 0.614. The lowest BCUT2D eigenvalue weighted by molar-refractivity contribution is -0.114. The molecule has 1 unspecified atom stereocenters. The number of sulfonamides is 1. The fourth-order valence-corrected chi connectivity index (χ4v) is 4.86.